The number of carboxylic acid groups (broad SMARTS) is 1. The highest BCUT2D eigenvalue weighted by Crippen LogP contribution is 2.33. The van der Waals surface area contributed by atoms with Crippen LogP contribution in [0.3, 0.4) is 0 Å². The van der Waals surface area contributed by atoms with E-state index in [1.165, 1.54) is 12.4 Å². The lowest BCUT2D eigenvalue weighted by Gasteiger charge is -2.13. The number of aromatic carboxylic acids is 1. The summed E-state index contributed by atoms with van der Waals surface area (Å²) in [5.41, 5.74) is -2.65. The minimum absolute atomic E-state index is 0.186. The first kappa shape index (κ1) is 14.0. The third-order valence-electron chi connectivity index (χ3n) is 2.97. The first-order valence-electron chi connectivity index (χ1n) is 5.81. The molecule has 0 aliphatic rings. The molecule has 0 saturated carbocycles. The maximum atomic E-state index is 13.6. The second-order valence-corrected chi connectivity index (χ2v) is 4.28. The molecule has 0 aliphatic carbocycles. The van der Waals surface area contributed by atoms with Crippen LogP contribution in [0.15, 0.2) is 30.7 Å². The van der Waals surface area contributed by atoms with Gasteiger partial charge >= 0.3 is 12.1 Å². The molecule has 3 aromatic rings. The Morgan fingerprint density at radius 1 is 1.27 bits per heavy atom. The molecule has 3 aromatic heterocycles. The molecule has 0 atom stereocenters. The van der Waals surface area contributed by atoms with Crippen LogP contribution < -0.4 is 0 Å². The van der Waals surface area contributed by atoms with Crippen molar-refractivity contribution < 1.29 is 27.5 Å². The average Bonchev–Trinajstić information content (AvgIpc) is 3.05. The van der Waals surface area contributed by atoms with Gasteiger partial charge in [0, 0.05) is 12.4 Å². The van der Waals surface area contributed by atoms with Crippen LogP contribution in [0.1, 0.15) is 16.1 Å². The normalized spacial score (nSPS) is 12.0. The van der Waals surface area contributed by atoms with Crippen molar-refractivity contribution in [3.05, 3.63) is 47.8 Å². The standard InChI is InChI=1S/C12H6F4N4O2/c13-7-1-2-8(19-4-3-17-10(7)19)20-9(12(14,15)16)6(5-18-20)11(21)22/h1-5H,(H,21,22). The Morgan fingerprint density at radius 3 is 2.64 bits per heavy atom. The first-order valence-corrected chi connectivity index (χ1v) is 5.81. The van der Waals surface area contributed by atoms with Crippen LogP contribution in [-0.2, 0) is 6.18 Å². The van der Waals surface area contributed by atoms with Crippen molar-refractivity contribution in [1.29, 1.82) is 0 Å². The molecule has 3 heterocycles. The lowest BCUT2D eigenvalue weighted by Crippen LogP contribution is -2.18. The molecule has 0 unspecified atom stereocenters. The van der Waals surface area contributed by atoms with Gasteiger partial charge in [-0.25, -0.2) is 18.9 Å². The summed E-state index contributed by atoms with van der Waals surface area (Å²) in [6.07, 6.45) is -1.91. The van der Waals surface area contributed by atoms with Crippen LogP contribution >= 0.6 is 0 Å². The average molecular weight is 314 g/mol. The Morgan fingerprint density at radius 2 is 2.00 bits per heavy atom. The number of rotatable bonds is 2. The van der Waals surface area contributed by atoms with Crippen molar-refractivity contribution >= 4 is 11.6 Å². The van der Waals surface area contributed by atoms with E-state index >= 15 is 0 Å². The molecule has 0 amide bonds. The van der Waals surface area contributed by atoms with Crippen LogP contribution in [0.5, 0.6) is 0 Å². The molecule has 3 rings (SSSR count). The van der Waals surface area contributed by atoms with E-state index in [-0.39, 0.29) is 11.5 Å². The summed E-state index contributed by atoms with van der Waals surface area (Å²) in [6.45, 7) is 0. The molecule has 0 radical (unpaired) electrons. The van der Waals surface area contributed by atoms with Gasteiger partial charge in [0.1, 0.15) is 11.4 Å². The van der Waals surface area contributed by atoms with Crippen molar-refractivity contribution in [3.8, 4) is 5.82 Å². The topological polar surface area (TPSA) is 72.4 Å². The Labute approximate surface area is 119 Å². The van der Waals surface area contributed by atoms with Gasteiger partial charge in [0.05, 0.1) is 6.20 Å². The van der Waals surface area contributed by atoms with Gasteiger partial charge in [0.15, 0.2) is 17.2 Å². The van der Waals surface area contributed by atoms with Crippen molar-refractivity contribution in [2.24, 2.45) is 0 Å². The van der Waals surface area contributed by atoms with E-state index in [1.807, 2.05) is 0 Å². The van der Waals surface area contributed by atoms with Gasteiger partial charge in [-0.3, -0.25) is 4.40 Å². The summed E-state index contributed by atoms with van der Waals surface area (Å²) >= 11 is 0. The number of carboxylic acids is 1. The van der Waals surface area contributed by atoms with Crippen LogP contribution in [-0.4, -0.2) is 30.2 Å². The van der Waals surface area contributed by atoms with E-state index in [0.717, 1.165) is 16.5 Å². The monoisotopic (exact) mass is 314 g/mol. The summed E-state index contributed by atoms with van der Waals surface area (Å²) in [6, 6.07) is 1.98. The number of halogens is 4. The molecule has 0 bridgehead atoms. The highest BCUT2D eigenvalue weighted by Gasteiger charge is 2.41. The molecule has 1 N–H and O–H groups in total. The number of fused-ring (bicyclic) bond motifs is 1. The van der Waals surface area contributed by atoms with Crippen molar-refractivity contribution in [2.75, 3.05) is 0 Å². The molecular weight excluding hydrogens is 308 g/mol. The Bertz CT molecular complexity index is 881. The van der Waals surface area contributed by atoms with E-state index in [9.17, 15) is 22.4 Å². The molecule has 0 aliphatic heterocycles. The molecule has 22 heavy (non-hydrogen) atoms. The van der Waals surface area contributed by atoms with E-state index in [2.05, 4.69) is 10.1 Å². The Kier molecular flexibility index (Phi) is 2.90. The number of imidazole rings is 1. The first-order chi connectivity index (χ1) is 10.3. The zero-order chi connectivity index (χ0) is 16.1. The minimum Gasteiger partial charge on any atom is -0.478 e. The molecule has 0 aromatic carbocycles. The third kappa shape index (κ3) is 2.00. The molecule has 114 valence electrons. The quantitative estimate of drug-likeness (QED) is 0.737. The number of carbonyl (C=O) groups is 1. The second-order valence-electron chi connectivity index (χ2n) is 4.28. The Hall–Kier alpha value is -2.91. The zero-order valence-corrected chi connectivity index (χ0v) is 10.5. The highest BCUT2D eigenvalue weighted by molar-refractivity contribution is 5.89. The number of alkyl halides is 3. The van der Waals surface area contributed by atoms with E-state index in [1.54, 1.807) is 0 Å². The van der Waals surface area contributed by atoms with Gasteiger partial charge < -0.3 is 5.11 Å². The maximum Gasteiger partial charge on any atom is 0.434 e. The van der Waals surface area contributed by atoms with Gasteiger partial charge in [0.2, 0.25) is 0 Å². The second kappa shape index (κ2) is 4.55. The SMILES string of the molecule is O=C(O)c1cnn(-c2ccc(F)c3nccn23)c1C(F)(F)F. The number of aromatic nitrogens is 4. The molecule has 0 saturated heterocycles. The molecule has 6 nitrogen and oxygen atoms in total. The molecule has 10 heteroatoms. The third-order valence-corrected chi connectivity index (χ3v) is 2.97. The van der Waals surface area contributed by atoms with Crippen molar-refractivity contribution in [3.63, 3.8) is 0 Å². The van der Waals surface area contributed by atoms with E-state index in [4.69, 9.17) is 5.11 Å². The lowest BCUT2D eigenvalue weighted by molar-refractivity contribution is -0.143. The van der Waals surface area contributed by atoms with Gasteiger partial charge in [-0.15, -0.1) is 0 Å². The van der Waals surface area contributed by atoms with Gasteiger partial charge in [0.25, 0.3) is 0 Å². The van der Waals surface area contributed by atoms with Crippen LogP contribution in [0.25, 0.3) is 11.5 Å². The number of pyridine rings is 1. The Balaban J connectivity index is 2.35. The lowest BCUT2D eigenvalue weighted by atomic mass is 10.2. The van der Waals surface area contributed by atoms with Crippen molar-refractivity contribution in [1.82, 2.24) is 19.2 Å². The molecular formula is C12H6F4N4O2. The predicted octanol–water partition coefficient (Wildman–Crippen LogP) is 2.38. The van der Waals surface area contributed by atoms with Crippen molar-refractivity contribution in [2.45, 2.75) is 6.18 Å². The minimum atomic E-state index is -4.95. The van der Waals surface area contributed by atoms with Gasteiger partial charge in [-0.2, -0.15) is 18.3 Å². The van der Waals surface area contributed by atoms with E-state index in [0.29, 0.717) is 10.9 Å². The molecule has 0 spiro atoms. The van der Waals surface area contributed by atoms with Gasteiger partial charge in [-0.1, -0.05) is 0 Å². The summed E-state index contributed by atoms with van der Waals surface area (Å²) in [5.74, 6) is -2.68. The van der Waals surface area contributed by atoms with Gasteiger partial charge in [-0.05, 0) is 12.1 Å². The number of hydrogen-bond acceptors (Lipinski definition) is 3. The van der Waals surface area contributed by atoms with Crippen LogP contribution in [0.2, 0.25) is 0 Å². The zero-order valence-electron chi connectivity index (χ0n) is 10.5. The summed E-state index contributed by atoms with van der Waals surface area (Å²) < 4.78 is 54.5. The fourth-order valence-corrected chi connectivity index (χ4v) is 2.09. The molecule has 0 fully saturated rings. The largest absolute Gasteiger partial charge is 0.478 e. The van der Waals surface area contributed by atoms with Crippen LogP contribution in [0.4, 0.5) is 17.6 Å². The summed E-state index contributed by atoms with van der Waals surface area (Å²) in [7, 11) is 0. The smallest absolute Gasteiger partial charge is 0.434 e. The van der Waals surface area contributed by atoms with Crippen LogP contribution in [0, 0.1) is 5.82 Å². The summed E-state index contributed by atoms with van der Waals surface area (Å²) in [5, 5.41) is 12.4. The predicted molar refractivity (Wildman–Crippen MR) is 64.2 cm³/mol. The number of nitrogens with zero attached hydrogens (tertiary/aromatic N) is 4. The fraction of sp³-hybridized carbons (Fsp3) is 0.0833. The number of hydrogen-bond donors (Lipinski definition) is 1. The highest BCUT2D eigenvalue weighted by atomic mass is 19.4. The van der Waals surface area contributed by atoms with E-state index < -0.39 is 29.2 Å². The summed E-state index contributed by atoms with van der Waals surface area (Å²) in [4.78, 5) is 14.6. The fourth-order valence-electron chi connectivity index (χ4n) is 2.09. The maximum absolute atomic E-state index is 13.6.